The third kappa shape index (κ3) is 2.20. The predicted molar refractivity (Wildman–Crippen MR) is 62.8 cm³/mol. The number of hydrogen-bond acceptors (Lipinski definition) is 2. The van der Waals surface area contributed by atoms with Crippen LogP contribution in [0.15, 0.2) is 18.3 Å². The molecule has 0 aliphatic carbocycles. The van der Waals surface area contributed by atoms with Gasteiger partial charge in [0.1, 0.15) is 0 Å². The minimum absolute atomic E-state index is 0.595. The van der Waals surface area contributed by atoms with E-state index < -0.39 is 0 Å². The van der Waals surface area contributed by atoms with Crippen LogP contribution in [0.25, 0.3) is 0 Å². The van der Waals surface area contributed by atoms with Crippen molar-refractivity contribution in [3.05, 3.63) is 29.6 Å². The van der Waals surface area contributed by atoms with Gasteiger partial charge >= 0.3 is 0 Å². The summed E-state index contributed by atoms with van der Waals surface area (Å²) >= 11 is 0. The Morgan fingerprint density at radius 1 is 1.40 bits per heavy atom. The molecule has 2 heterocycles. The molecule has 0 bridgehead atoms. The van der Waals surface area contributed by atoms with Gasteiger partial charge in [0.15, 0.2) is 0 Å². The van der Waals surface area contributed by atoms with Crippen molar-refractivity contribution >= 4 is 0 Å². The van der Waals surface area contributed by atoms with Crippen LogP contribution in [0.2, 0.25) is 0 Å². The van der Waals surface area contributed by atoms with Crippen molar-refractivity contribution in [2.75, 3.05) is 6.54 Å². The second-order valence-electron chi connectivity index (χ2n) is 4.72. The smallest absolute Gasteiger partial charge is 0.0372 e. The second kappa shape index (κ2) is 4.31. The van der Waals surface area contributed by atoms with Gasteiger partial charge in [-0.15, -0.1) is 0 Å². The third-order valence-corrected chi connectivity index (χ3v) is 3.28. The van der Waals surface area contributed by atoms with E-state index in [2.05, 4.69) is 35.9 Å². The van der Waals surface area contributed by atoms with E-state index in [0.29, 0.717) is 12.1 Å². The molecule has 0 N–H and O–H groups in total. The molecule has 1 aliphatic rings. The normalized spacial score (nSPS) is 22.5. The molecular weight excluding hydrogens is 184 g/mol. The highest BCUT2D eigenvalue weighted by molar-refractivity contribution is 5.18. The van der Waals surface area contributed by atoms with Crippen LogP contribution >= 0.6 is 0 Å². The monoisotopic (exact) mass is 204 g/mol. The Bertz CT molecular complexity index is 316. The van der Waals surface area contributed by atoms with Crippen molar-refractivity contribution in [2.45, 2.75) is 45.7 Å². The van der Waals surface area contributed by atoms with E-state index in [9.17, 15) is 0 Å². The summed E-state index contributed by atoms with van der Waals surface area (Å²) in [5.41, 5.74) is 2.49. The predicted octanol–water partition coefficient (Wildman–Crippen LogP) is 2.94. The molecule has 15 heavy (non-hydrogen) atoms. The summed E-state index contributed by atoms with van der Waals surface area (Å²) in [7, 11) is 0. The number of rotatable bonds is 2. The second-order valence-corrected chi connectivity index (χ2v) is 4.72. The third-order valence-electron chi connectivity index (χ3n) is 3.28. The van der Waals surface area contributed by atoms with Crippen LogP contribution in [-0.4, -0.2) is 22.5 Å². The summed E-state index contributed by atoms with van der Waals surface area (Å²) in [4.78, 5) is 6.97. The van der Waals surface area contributed by atoms with Gasteiger partial charge in [0.25, 0.3) is 0 Å². The molecule has 0 amide bonds. The highest BCUT2D eigenvalue weighted by Crippen LogP contribution is 2.32. The number of hydrogen-bond donors (Lipinski definition) is 0. The standard InChI is InChI=1S/C13H20N2/c1-10(2)15-8-4-5-13(15)12-7-6-11(3)14-9-12/h6-7,9-10,13H,4-5,8H2,1-3H3/t13-/m0/s1. The quantitative estimate of drug-likeness (QED) is 0.736. The molecule has 0 saturated carbocycles. The number of aromatic nitrogens is 1. The van der Waals surface area contributed by atoms with Gasteiger partial charge in [0.05, 0.1) is 0 Å². The number of aryl methyl sites for hydroxylation is 1. The van der Waals surface area contributed by atoms with Gasteiger partial charge in [-0.05, 0) is 51.8 Å². The highest BCUT2D eigenvalue weighted by Gasteiger charge is 2.27. The fraction of sp³-hybridized carbons (Fsp3) is 0.615. The van der Waals surface area contributed by atoms with Gasteiger partial charge in [0, 0.05) is 24.0 Å². The Labute approximate surface area is 92.3 Å². The fourth-order valence-electron chi connectivity index (χ4n) is 2.44. The topological polar surface area (TPSA) is 16.1 Å². The number of likely N-dealkylation sites (tertiary alicyclic amines) is 1. The van der Waals surface area contributed by atoms with Crippen LogP contribution < -0.4 is 0 Å². The molecule has 0 aromatic carbocycles. The minimum Gasteiger partial charge on any atom is -0.294 e. The Hall–Kier alpha value is -0.890. The van der Waals surface area contributed by atoms with Gasteiger partial charge in [0.2, 0.25) is 0 Å². The van der Waals surface area contributed by atoms with E-state index in [1.165, 1.54) is 24.9 Å². The van der Waals surface area contributed by atoms with Gasteiger partial charge in [-0.25, -0.2) is 0 Å². The molecule has 0 spiro atoms. The molecule has 1 aliphatic heterocycles. The first-order valence-electron chi connectivity index (χ1n) is 5.87. The van der Waals surface area contributed by atoms with Gasteiger partial charge < -0.3 is 0 Å². The van der Waals surface area contributed by atoms with Crippen LogP contribution in [0.4, 0.5) is 0 Å². The zero-order valence-electron chi connectivity index (χ0n) is 9.90. The summed E-state index contributed by atoms with van der Waals surface area (Å²) in [5, 5.41) is 0. The molecule has 2 rings (SSSR count). The minimum atomic E-state index is 0.595. The number of nitrogens with zero attached hydrogens (tertiary/aromatic N) is 2. The largest absolute Gasteiger partial charge is 0.294 e. The first-order valence-corrected chi connectivity index (χ1v) is 5.87. The van der Waals surface area contributed by atoms with Crippen molar-refractivity contribution in [3.8, 4) is 0 Å². The van der Waals surface area contributed by atoms with E-state index in [0.717, 1.165) is 5.69 Å². The molecule has 1 aromatic heterocycles. The van der Waals surface area contributed by atoms with Crippen LogP contribution in [0.1, 0.15) is 44.0 Å². The SMILES string of the molecule is Cc1ccc([C@@H]2CCCN2C(C)C)cn1. The molecule has 0 radical (unpaired) electrons. The molecule has 2 heteroatoms. The van der Waals surface area contributed by atoms with Crippen molar-refractivity contribution in [1.29, 1.82) is 0 Å². The van der Waals surface area contributed by atoms with Crippen molar-refractivity contribution < 1.29 is 0 Å². The summed E-state index contributed by atoms with van der Waals surface area (Å²) < 4.78 is 0. The van der Waals surface area contributed by atoms with Crippen molar-refractivity contribution in [2.24, 2.45) is 0 Å². The van der Waals surface area contributed by atoms with E-state index in [-0.39, 0.29) is 0 Å². The maximum atomic E-state index is 4.39. The van der Waals surface area contributed by atoms with E-state index in [1.807, 2.05) is 13.1 Å². The Morgan fingerprint density at radius 3 is 2.80 bits per heavy atom. The molecule has 82 valence electrons. The van der Waals surface area contributed by atoms with Crippen molar-refractivity contribution in [1.82, 2.24) is 9.88 Å². The maximum Gasteiger partial charge on any atom is 0.0372 e. The first-order chi connectivity index (χ1) is 7.18. The molecule has 1 aromatic rings. The van der Waals surface area contributed by atoms with Gasteiger partial charge in [-0.3, -0.25) is 9.88 Å². The summed E-state index contributed by atoms with van der Waals surface area (Å²) in [6, 6.07) is 5.58. The van der Waals surface area contributed by atoms with Crippen molar-refractivity contribution in [3.63, 3.8) is 0 Å². The molecule has 1 atom stereocenters. The lowest BCUT2D eigenvalue weighted by Gasteiger charge is -2.28. The van der Waals surface area contributed by atoms with Gasteiger partial charge in [-0.1, -0.05) is 6.07 Å². The number of pyridine rings is 1. The van der Waals surface area contributed by atoms with Crippen LogP contribution in [0.5, 0.6) is 0 Å². The van der Waals surface area contributed by atoms with Gasteiger partial charge in [-0.2, -0.15) is 0 Å². The highest BCUT2D eigenvalue weighted by atomic mass is 15.2. The fourth-order valence-corrected chi connectivity index (χ4v) is 2.44. The van der Waals surface area contributed by atoms with E-state index in [4.69, 9.17) is 0 Å². The Balaban J connectivity index is 2.19. The Morgan fingerprint density at radius 2 is 2.20 bits per heavy atom. The first kappa shape index (κ1) is 10.6. The molecule has 1 saturated heterocycles. The summed E-state index contributed by atoms with van der Waals surface area (Å²) in [6.07, 6.45) is 4.64. The summed E-state index contributed by atoms with van der Waals surface area (Å²) in [5.74, 6) is 0. The average molecular weight is 204 g/mol. The van der Waals surface area contributed by atoms with Crippen LogP contribution in [0, 0.1) is 6.92 Å². The Kier molecular flexibility index (Phi) is 3.06. The molecule has 1 fully saturated rings. The van der Waals surface area contributed by atoms with E-state index in [1.54, 1.807) is 0 Å². The zero-order chi connectivity index (χ0) is 10.8. The lowest BCUT2D eigenvalue weighted by Crippen LogP contribution is -2.30. The van der Waals surface area contributed by atoms with Crippen LogP contribution in [0.3, 0.4) is 0 Å². The lowest BCUT2D eigenvalue weighted by atomic mass is 10.1. The lowest BCUT2D eigenvalue weighted by molar-refractivity contribution is 0.205. The molecular formula is C13H20N2. The maximum absolute atomic E-state index is 4.39. The molecule has 2 nitrogen and oxygen atoms in total. The average Bonchev–Trinajstić information content (AvgIpc) is 2.67. The summed E-state index contributed by atoms with van der Waals surface area (Å²) in [6.45, 7) is 7.83. The van der Waals surface area contributed by atoms with Crippen LogP contribution in [-0.2, 0) is 0 Å². The molecule has 0 unspecified atom stereocenters. The zero-order valence-corrected chi connectivity index (χ0v) is 9.90. The van der Waals surface area contributed by atoms with E-state index >= 15 is 0 Å².